The fourth-order valence-corrected chi connectivity index (χ4v) is 3.46. The van der Waals surface area contributed by atoms with E-state index in [9.17, 15) is 9.90 Å². The molecule has 126 valence electrons. The van der Waals surface area contributed by atoms with Crippen LogP contribution in [0, 0.1) is 12.8 Å². The van der Waals surface area contributed by atoms with Gasteiger partial charge in [0, 0.05) is 12.5 Å². The number of ether oxygens (including phenoxy) is 1. The van der Waals surface area contributed by atoms with E-state index in [4.69, 9.17) is 9.26 Å². The van der Waals surface area contributed by atoms with Crippen LogP contribution in [0.3, 0.4) is 0 Å². The predicted octanol–water partition coefficient (Wildman–Crippen LogP) is 2.16. The first-order valence-corrected chi connectivity index (χ1v) is 8.28. The second-order valence-electron chi connectivity index (χ2n) is 6.62. The number of aliphatic hydroxyl groups excluding tert-OH is 1. The van der Waals surface area contributed by atoms with Crippen LogP contribution in [-0.4, -0.2) is 28.9 Å². The zero-order valence-electron chi connectivity index (χ0n) is 13.5. The number of aryl methyl sites for hydroxylation is 1. The highest BCUT2D eigenvalue weighted by atomic mass is 16.5. The van der Waals surface area contributed by atoms with Crippen LogP contribution in [0.15, 0.2) is 28.8 Å². The molecule has 2 aliphatic rings. The van der Waals surface area contributed by atoms with Crippen molar-refractivity contribution in [3.8, 4) is 5.75 Å². The Balaban J connectivity index is 1.58. The minimum absolute atomic E-state index is 0.149. The first kappa shape index (κ1) is 15.2. The number of nitrogens with zero attached hydrogens (tertiary/aromatic N) is 1. The van der Waals surface area contributed by atoms with Gasteiger partial charge in [-0.3, -0.25) is 4.79 Å². The van der Waals surface area contributed by atoms with Gasteiger partial charge in [-0.15, -0.1) is 0 Å². The molecule has 1 atom stereocenters. The monoisotopic (exact) mass is 328 g/mol. The van der Waals surface area contributed by atoms with Gasteiger partial charge in [0.05, 0.1) is 18.8 Å². The summed E-state index contributed by atoms with van der Waals surface area (Å²) in [6.45, 7) is 2.46. The quantitative estimate of drug-likeness (QED) is 0.898. The van der Waals surface area contributed by atoms with E-state index in [1.54, 1.807) is 13.0 Å². The molecule has 2 heterocycles. The molecule has 2 aromatic rings. The molecule has 1 aliphatic heterocycles. The van der Waals surface area contributed by atoms with Crippen molar-refractivity contribution in [2.45, 2.75) is 38.3 Å². The number of amides is 1. The van der Waals surface area contributed by atoms with E-state index in [1.807, 2.05) is 12.1 Å². The molecule has 6 heteroatoms. The summed E-state index contributed by atoms with van der Waals surface area (Å²) in [6.07, 6.45) is 1.99. The summed E-state index contributed by atoms with van der Waals surface area (Å²) in [5.41, 5.74) is 2.50. The molecule has 4 rings (SSSR count). The third-order valence-corrected chi connectivity index (χ3v) is 4.84. The molecule has 0 radical (unpaired) electrons. The normalized spacial score (nSPS) is 23.1. The third-order valence-electron chi connectivity index (χ3n) is 4.84. The van der Waals surface area contributed by atoms with Crippen molar-refractivity contribution in [2.24, 2.45) is 5.92 Å². The lowest BCUT2D eigenvalue weighted by Gasteiger charge is -2.38. The van der Waals surface area contributed by atoms with Crippen LogP contribution in [0.1, 0.15) is 46.3 Å². The Bertz CT molecular complexity index is 764. The average molecular weight is 328 g/mol. The number of carbonyl (C=O) groups is 1. The first-order valence-electron chi connectivity index (χ1n) is 8.28. The Kier molecular flexibility index (Phi) is 3.76. The van der Waals surface area contributed by atoms with E-state index in [2.05, 4.69) is 16.5 Å². The molecule has 1 aliphatic carbocycles. The van der Waals surface area contributed by atoms with Gasteiger partial charge >= 0.3 is 0 Å². The van der Waals surface area contributed by atoms with Gasteiger partial charge in [0.15, 0.2) is 5.69 Å². The molecular formula is C18H20N2O4. The maximum Gasteiger partial charge on any atom is 0.273 e. The summed E-state index contributed by atoms with van der Waals surface area (Å²) >= 11 is 0. The predicted molar refractivity (Wildman–Crippen MR) is 85.8 cm³/mol. The van der Waals surface area contributed by atoms with E-state index in [1.165, 1.54) is 5.56 Å². The van der Waals surface area contributed by atoms with Crippen molar-refractivity contribution in [3.05, 3.63) is 46.8 Å². The lowest BCUT2D eigenvalue weighted by Crippen LogP contribution is -2.41. The number of rotatable bonds is 4. The number of fused-ring (bicyclic) bond motifs is 1. The van der Waals surface area contributed by atoms with Gasteiger partial charge in [-0.1, -0.05) is 11.2 Å². The topological polar surface area (TPSA) is 84.6 Å². The van der Waals surface area contributed by atoms with Gasteiger partial charge in [0.2, 0.25) is 0 Å². The van der Waals surface area contributed by atoms with Gasteiger partial charge in [-0.05, 0) is 48.9 Å². The van der Waals surface area contributed by atoms with Crippen molar-refractivity contribution in [3.63, 3.8) is 0 Å². The van der Waals surface area contributed by atoms with Crippen LogP contribution in [0.4, 0.5) is 0 Å². The Hall–Kier alpha value is -2.34. The van der Waals surface area contributed by atoms with Gasteiger partial charge < -0.3 is 19.7 Å². The van der Waals surface area contributed by atoms with Crippen LogP contribution >= 0.6 is 0 Å². The maximum absolute atomic E-state index is 12.5. The third kappa shape index (κ3) is 2.78. The molecular weight excluding hydrogens is 308 g/mol. The van der Waals surface area contributed by atoms with Crippen molar-refractivity contribution in [2.75, 3.05) is 6.61 Å². The molecule has 24 heavy (non-hydrogen) atoms. The fourth-order valence-electron chi connectivity index (χ4n) is 3.46. The second kappa shape index (κ2) is 5.94. The second-order valence-corrected chi connectivity index (χ2v) is 6.62. The van der Waals surface area contributed by atoms with E-state index in [0.717, 1.165) is 17.7 Å². The van der Waals surface area contributed by atoms with Gasteiger partial charge in [0.1, 0.15) is 11.5 Å². The summed E-state index contributed by atoms with van der Waals surface area (Å²) in [6, 6.07) is 7.54. The summed E-state index contributed by atoms with van der Waals surface area (Å²) in [5.74, 6) is 1.49. The zero-order chi connectivity index (χ0) is 16.7. The largest absolute Gasteiger partial charge is 0.493 e. The van der Waals surface area contributed by atoms with Crippen LogP contribution in [0.2, 0.25) is 0 Å². The Labute approximate surface area is 139 Å². The highest BCUT2D eigenvalue weighted by Gasteiger charge is 2.36. The molecule has 0 unspecified atom stereocenters. The van der Waals surface area contributed by atoms with Crippen LogP contribution in [-0.2, 0) is 6.42 Å². The van der Waals surface area contributed by atoms with E-state index < -0.39 is 0 Å². The van der Waals surface area contributed by atoms with Crippen LogP contribution in [0.5, 0.6) is 5.75 Å². The highest BCUT2D eigenvalue weighted by molar-refractivity contribution is 5.92. The lowest BCUT2D eigenvalue weighted by atomic mass is 9.75. The molecule has 1 amide bonds. The molecule has 0 spiro atoms. The lowest BCUT2D eigenvalue weighted by molar-refractivity contribution is 0.0234. The van der Waals surface area contributed by atoms with E-state index >= 15 is 0 Å². The molecule has 2 N–H and O–H groups in total. The minimum Gasteiger partial charge on any atom is -0.493 e. The number of carbonyl (C=O) groups excluding carboxylic acids is 1. The van der Waals surface area contributed by atoms with E-state index in [0.29, 0.717) is 25.2 Å². The number of benzene rings is 1. The maximum atomic E-state index is 12.5. The standard InChI is InChI=1S/C18H20N2O4/c1-10-6-15(20-24-10)18(22)19-17(13-8-14(21)9-13)12-2-3-16-11(7-12)4-5-23-16/h2-3,6-7,13-14,17,21H,4-5,8-9H2,1H3,(H,19,22)/t13?,14?,17-/m1/s1. The molecule has 1 fully saturated rings. The Morgan fingerprint density at radius 1 is 1.38 bits per heavy atom. The fraction of sp³-hybridized carbons (Fsp3) is 0.444. The highest BCUT2D eigenvalue weighted by Crippen LogP contribution is 2.39. The Morgan fingerprint density at radius 2 is 2.21 bits per heavy atom. The summed E-state index contributed by atoms with van der Waals surface area (Å²) in [5, 5.41) is 16.5. The number of aliphatic hydroxyl groups is 1. The first-order chi connectivity index (χ1) is 11.6. The summed E-state index contributed by atoms with van der Waals surface area (Å²) < 4.78 is 10.5. The molecule has 1 saturated carbocycles. The average Bonchev–Trinajstić information content (AvgIpc) is 3.17. The smallest absolute Gasteiger partial charge is 0.273 e. The minimum atomic E-state index is -0.276. The number of aromatic nitrogens is 1. The number of hydrogen-bond acceptors (Lipinski definition) is 5. The number of hydrogen-bond donors (Lipinski definition) is 2. The van der Waals surface area contributed by atoms with Gasteiger partial charge in [-0.25, -0.2) is 0 Å². The van der Waals surface area contributed by atoms with E-state index in [-0.39, 0.29) is 29.7 Å². The van der Waals surface area contributed by atoms with Crippen molar-refractivity contribution in [1.82, 2.24) is 10.5 Å². The zero-order valence-corrected chi connectivity index (χ0v) is 13.5. The summed E-state index contributed by atoms with van der Waals surface area (Å²) in [4.78, 5) is 12.5. The Morgan fingerprint density at radius 3 is 2.92 bits per heavy atom. The molecule has 0 saturated heterocycles. The number of nitrogens with one attached hydrogen (secondary N) is 1. The van der Waals surface area contributed by atoms with Crippen LogP contribution < -0.4 is 10.1 Å². The van der Waals surface area contributed by atoms with Crippen molar-refractivity contribution < 1.29 is 19.2 Å². The van der Waals surface area contributed by atoms with Gasteiger partial charge in [0.25, 0.3) is 5.91 Å². The van der Waals surface area contributed by atoms with Crippen molar-refractivity contribution >= 4 is 5.91 Å². The van der Waals surface area contributed by atoms with Crippen molar-refractivity contribution in [1.29, 1.82) is 0 Å². The molecule has 1 aromatic carbocycles. The molecule has 6 nitrogen and oxygen atoms in total. The molecule has 0 bridgehead atoms. The SMILES string of the molecule is Cc1cc(C(=O)N[C@H](c2ccc3c(c2)CCO3)C2CC(O)C2)no1. The van der Waals surface area contributed by atoms with Crippen LogP contribution in [0.25, 0.3) is 0 Å². The summed E-state index contributed by atoms with van der Waals surface area (Å²) in [7, 11) is 0. The molecule has 1 aromatic heterocycles. The van der Waals surface area contributed by atoms with Gasteiger partial charge in [-0.2, -0.15) is 0 Å².